The fourth-order valence-electron chi connectivity index (χ4n) is 1.47. The summed E-state index contributed by atoms with van der Waals surface area (Å²) >= 11 is 0. The summed E-state index contributed by atoms with van der Waals surface area (Å²) in [5, 5.41) is 15.6. The summed E-state index contributed by atoms with van der Waals surface area (Å²) in [5.41, 5.74) is 4.89. The quantitative estimate of drug-likeness (QED) is 0.330. The Morgan fingerprint density at radius 1 is 0.955 bits per heavy atom. The van der Waals surface area contributed by atoms with Gasteiger partial charge in [0.15, 0.2) is 0 Å². The van der Waals surface area contributed by atoms with Crippen LogP contribution < -0.4 is 21.7 Å². The smallest absolute Gasteiger partial charge is 0.326 e. The summed E-state index contributed by atoms with van der Waals surface area (Å²) in [7, 11) is 0. The van der Waals surface area contributed by atoms with E-state index in [2.05, 4.69) is 16.0 Å². The van der Waals surface area contributed by atoms with Crippen molar-refractivity contribution in [1.82, 2.24) is 16.0 Å². The van der Waals surface area contributed by atoms with Gasteiger partial charge in [0.05, 0.1) is 6.42 Å². The highest BCUT2D eigenvalue weighted by Gasteiger charge is 2.26. The molecule has 0 aliphatic carbocycles. The van der Waals surface area contributed by atoms with Crippen molar-refractivity contribution in [2.75, 3.05) is 0 Å². The predicted octanol–water partition coefficient (Wildman–Crippen LogP) is -2.54. The number of hydrogen-bond acceptors (Lipinski definition) is 5. The molecule has 0 fully saturated rings. The Kier molecular flexibility index (Phi) is 7.56. The van der Waals surface area contributed by atoms with Crippen molar-refractivity contribution >= 4 is 29.6 Å². The second-order valence-electron chi connectivity index (χ2n) is 4.72. The van der Waals surface area contributed by atoms with Crippen molar-refractivity contribution in [3.63, 3.8) is 0 Å². The van der Waals surface area contributed by atoms with E-state index in [9.17, 15) is 24.0 Å². The van der Waals surface area contributed by atoms with Gasteiger partial charge in [-0.15, -0.1) is 0 Å². The first-order chi connectivity index (χ1) is 10.0. The number of carboxylic acid groups (broad SMARTS) is 1. The van der Waals surface area contributed by atoms with E-state index in [1.165, 1.54) is 20.8 Å². The average molecular weight is 316 g/mol. The third-order valence-corrected chi connectivity index (χ3v) is 2.58. The fraction of sp³-hybridized carbons (Fsp3) is 0.583. The molecule has 0 radical (unpaired) electrons. The van der Waals surface area contributed by atoms with E-state index < -0.39 is 54.1 Å². The number of carbonyl (C=O) groups is 5. The van der Waals surface area contributed by atoms with Crippen LogP contribution >= 0.6 is 0 Å². The number of nitrogens with two attached hydrogens (primary N) is 1. The molecule has 4 amide bonds. The largest absolute Gasteiger partial charge is 0.480 e. The third kappa shape index (κ3) is 7.22. The minimum Gasteiger partial charge on any atom is -0.480 e. The van der Waals surface area contributed by atoms with Gasteiger partial charge in [0.1, 0.15) is 18.1 Å². The lowest BCUT2D eigenvalue weighted by molar-refractivity contribution is -0.143. The Morgan fingerprint density at radius 2 is 1.41 bits per heavy atom. The van der Waals surface area contributed by atoms with Crippen LogP contribution in [0.3, 0.4) is 0 Å². The van der Waals surface area contributed by atoms with Crippen molar-refractivity contribution in [3.8, 4) is 0 Å². The van der Waals surface area contributed by atoms with Crippen LogP contribution in [0.25, 0.3) is 0 Å². The minimum absolute atomic E-state index is 0.410. The van der Waals surface area contributed by atoms with Crippen molar-refractivity contribution < 1.29 is 29.1 Å². The lowest BCUT2D eigenvalue weighted by Crippen LogP contribution is -2.54. The zero-order chi connectivity index (χ0) is 17.4. The van der Waals surface area contributed by atoms with Crippen LogP contribution in [0.5, 0.6) is 0 Å². The maximum atomic E-state index is 11.8. The van der Waals surface area contributed by atoms with E-state index in [4.69, 9.17) is 10.8 Å². The highest BCUT2D eigenvalue weighted by atomic mass is 16.4. The molecule has 10 heteroatoms. The van der Waals surface area contributed by atoms with Crippen LogP contribution in [-0.4, -0.2) is 52.8 Å². The van der Waals surface area contributed by atoms with Gasteiger partial charge in [0, 0.05) is 6.92 Å². The Labute approximate surface area is 126 Å². The van der Waals surface area contributed by atoms with Crippen LogP contribution in [0.2, 0.25) is 0 Å². The molecule has 0 aromatic rings. The molecule has 0 aromatic heterocycles. The van der Waals surface area contributed by atoms with Crippen molar-refractivity contribution in [2.45, 2.75) is 45.3 Å². The molecule has 0 spiro atoms. The number of rotatable bonds is 8. The van der Waals surface area contributed by atoms with Gasteiger partial charge in [-0.05, 0) is 13.8 Å². The molecule has 0 rings (SSSR count). The molecule has 0 aliphatic rings. The van der Waals surface area contributed by atoms with E-state index in [0.29, 0.717) is 0 Å². The topological polar surface area (TPSA) is 168 Å². The van der Waals surface area contributed by atoms with Crippen LogP contribution in [0.4, 0.5) is 0 Å². The Hall–Kier alpha value is -2.65. The summed E-state index contributed by atoms with van der Waals surface area (Å²) in [6.45, 7) is 3.99. The maximum absolute atomic E-state index is 11.8. The molecule has 22 heavy (non-hydrogen) atoms. The number of carbonyl (C=O) groups excluding carboxylic acids is 4. The van der Waals surface area contributed by atoms with Crippen molar-refractivity contribution in [2.24, 2.45) is 5.73 Å². The van der Waals surface area contributed by atoms with Gasteiger partial charge in [-0.2, -0.15) is 0 Å². The summed E-state index contributed by atoms with van der Waals surface area (Å²) in [5.74, 6) is -4.12. The first kappa shape index (κ1) is 19.4. The molecule has 3 atom stereocenters. The molecular weight excluding hydrogens is 296 g/mol. The molecule has 0 saturated carbocycles. The van der Waals surface area contributed by atoms with Crippen LogP contribution in [0, 0.1) is 0 Å². The second kappa shape index (κ2) is 8.60. The summed E-state index contributed by atoms with van der Waals surface area (Å²) < 4.78 is 0. The number of nitrogens with one attached hydrogen (secondary N) is 3. The Balaban J connectivity index is 4.58. The summed E-state index contributed by atoms with van der Waals surface area (Å²) in [6.07, 6.45) is -0.565. The summed E-state index contributed by atoms with van der Waals surface area (Å²) in [4.78, 5) is 55.9. The highest BCUT2D eigenvalue weighted by Crippen LogP contribution is 1.94. The molecule has 0 aromatic carbocycles. The normalized spacial score (nSPS) is 14.1. The fourth-order valence-corrected chi connectivity index (χ4v) is 1.47. The van der Waals surface area contributed by atoms with E-state index in [0.717, 1.165) is 0 Å². The maximum Gasteiger partial charge on any atom is 0.326 e. The molecule has 124 valence electrons. The van der Waals surface area contributed by atoms with Gasteiger partial charge < -0.3 is 26.8 Å². The Morgan fingerprint density at radius 3 is 1.82 bits per heavy atom. The average Bonchev–Trinajstić information content (AvgIpc) is 2.35. The first-order valence-corrected chi connectivity index (χ1v) is 6.43. The van der Waals surface area contributed by atoms with Crippen molar-refractivity contribution in [3.05, 3.63) is 0 Å². The van der Waals surface area contributed by atoms with E-state index >= 15 is 0 Å². The SMILES string of the molecule is CC(=O)NC(C)C(=O)NC(C)C(=O)NC(CC(N)=O)C(=O)O. The van der Waals surface area contributed by atoms with Gasteiger partial charge in [-0.3, -0.25) is 19.2 Å². The molecule has 3 unspecified atom stereocenters. The van der Waals surface area contributed by atoms with Gasteiger partial charge in [0.25, 0.3) is 0 Å². The lowest BCUT2D eigenvalue weighted by Gasteiger charge is -2.20. The lowest BCUT2D eigenvalue weighted by atomic mass is 10.1. The molecule has 0 saturated heterocycles. The summed E-state index contributed by atoms with van der Waals surface area (Å²) in [6, 6.07) is -3.39. The standard InChI is InChI=1S/C12H20N4O6/c1-5(14-7(3)17)10(19)15-6(2)11(20)16-8(12(21)22)4-9(13)18/h5-6,8H,4H2,1-3H3,(H2,13,18)(H,14,17)(H,15,19)(H,16,20)(H,21,22). The molecule has 10 nitrogen and oxygen atoms in total. The van der Waals surface area contributed by atoms with Gasteiger partial charge in [-0.25, -0.2) is 4.79 Å². The molecule has 0 bridgehead atoms. The number of aliphatic carboxylic acids is 1. The first-order valence-electron chi connectivity index (χ1n) is 6.43. The minimum atomic E-state index is -1.47. The van der Waals surface area contributed by atoms with E-state index in [1.54, 1.807) is 0 Å². The molecule has 0 heterocycles. The predicted molar refractivity (Wildman–Crippen MR) is 74.3 cm³/mol. The molecule has 0 aliphatic heterocycles. The zero-order valence-corrected chi connectivity index (χ0v) is 12.5. The van der Waals surface area contributed by atoms with E-state index in [1.807, 2.05) is 0 Å². The van der Waals surface area contributed by atoms with E-state index in [-0.39, 0.29) is 0 Å². The number of hydrogen-bond donors (Lipinski definition) is 5. The zero-order valence-electron chi connectivity index (χ0n) is 12.5. The van der Waals surface area contributed by atoms with Gasteiger partial charge >= 0.3 is 5.97 Å². The van der Waals surface area contributed by atoms with Gasteiger partial charge in [-0.1, -0.05) is 0 Å². The number of amides is 4. The van der Waals surface area contributed by atoms with Crippen LogP contribution in [-0.2, 0) is 24.0 Å². The third-order valence-electron chi connectivity index (χ3n) is 2.58. The number of primary amides is 1. The van der Waals surface area contributed by atoms with Crippen LogP contribution in [0.1, 0.15) is 27.2 Å². The highest BCUT2D eigenvalue weighted by molar-refractivity contribution is 5.93. The van der Waals surface area contributed by atoms with Crippen LogP contribution in [0.15, 0.2) is 0 Å². The Bertz CT molecular complexity index is 478. The molecular formula is C12H20N4O6. The monoisotopic (exact) mass is 316 g/mol. The molecule has 6 N–H and O–H groups in total. The second-order valence-corrected chi connectivity index (χ2v) is 4.72. The number of carboxylic acids is 1. The van der Waals surface area contributed by atoms with Crippen molar-refractivity contribution in [1.29, 1.82) is 0 Å². The van der Waals surface area contributed by atoms with Gasteiger partial charge in [0.2, 0.25) is 23.6 Å².